The lowest BCUT2D eigenvalue weighted by Crippen LogP contribution is -2.24. The van der Waals surface area contributed by atoms with Crippen LogP contribution in [-0.2, 0) is 0 Å². The minimum Gasteiger partial charge on any atom is -0.497 e. The molecule has 3 unspecified atom stereocenters. The monoisotopic (exact) mass is 235 g/mol. The van der Waals surface area contributed by atoms with Gasteiger partial charge in [-0.3, -0.25) is 0 Å². The Bertz CT molecular complexity index is 350. The van der Waals surface area contributed by atoms with E-state index >= 15 is 0 Å². The van der Waals surface area contributed by atoms with Gasteiger partial charge in [0, 0.05) is 12.6 Å². The molecule has 3 nitrogen and oxygen atoms in total. The number of aliphatic hydroxyl groups excluding tert-OH is 1. The zero-order valence-corrected chi connectivity index (χ0v) is 10.5. The number of ether oxygens (including phenoxy) is 1. The molecule has 1 saturated carbocycles. The Labute approximate surface area is 103 Å². The van der Waals surface area contributed by atoms with Gasteiger partial charge in [-0.05, 0) is 30.0 Å². The summed E-state index contributed by atoms with van der Waals surface area (Å²) >= 11 is 0. The third-order valence-corrected chi connectivity index (χ3v) is 3.52. The average molecular weight is 235 g/mol. The van der Waals surface area contributed by atoms with Crippen LogP contribution < -0.4 is 10.1 Å². The van der Waals surface area contributed by atoms with Crippen LogP contribution >= 0.6 is 0 Å². The van der Waals surface area contributed by atoms with Gasteiger partial charge in [0.15, 0.2) is 0 Å². The Morgan fingerprint density at radius 3 is 2.65 bits per heavy atom. The third-order valence-electron chi connectivity index (χ3n) is 3.52. The van der Waals surface area contributed by atoms with E-state index in [1.54, 1.807) is 7.11 Å². The fraction of sp³-hybridized carbons (Fsp3) is 0.571. The van der Waals surface area contributed by atoms with E-state index in [2.05, 4.69) is 12.2 Å². The van der Waals surface area contributed by atoms with Gasteiger partial charge in [0.25, 0.3) is 0 Å². The summed E-state index contributed by atoms with van der Waals surface area (Å²) in [4.78, 5) is 0. The Balaban J connectivity index is 1.80. The van der Waals surface area contributed by atoms with Crippen molar-refractivity contribution >= 4 is 0 Å². The Morgan fingerprint density at radius 1 is 1.41 bits per heavy atom. The Morgan fingerprint density at radius 2 is 2.12 bits per heavy atom. The average Bonchev–Trinajstić information content (AvgIpc) is 3.14. The van der Waals surface area contributed by atoms with Crippen molar-refractivity contribution in [3.8, 4) is 5.75 Å². The van der Waals surface area contributed by atoms with E-state index in [9.17, 15) is 5.11 Å². The second-order valence-corrected chi connectivity index (χ2v) is 4.71. The molecule has 1 fully saturated rings. The first-order chi connectivity index (χ1) is 8.24. The molecule has 0 heterocycles. The van der Waals surface area contributed by atoms with Crippen molar-refractivity contribution in [2.24, 2.45) is 5.92 Å². The molecule has 1 aliphatic rings. The van der Waals surface area contributed by atoms with E-state index in [4.69, 9.17) is 4.74 Å². The van der Waals surface area contributed by atoms with Crippen molar-refractivity contribution in [3.63, 3.8) is 0 Å². The smallest absolute Gasteiger partial charge is 0.118 e. The van der Waals surface area contributed by atoms with E-state index < -0.39 is 6.10 Å². The second-order valence-electron chi connectivity index (χ2n) is 4.71. The summed E-state index contributed by atoms with van der Waals surface area (Å²) in [6, 6.07) is 8.20. The topological polar surface area (TPSA) is 41.5 Å². The maximum Gasteiger partial charge on any atom is 0.118 e. The van der Waals surface area contributed by atoms with Gasteiger partial charge in [0.05, 0.1) is 13.2 Å². The van der Waals surface area contributed by atoms with Crippen LogP contribution in [-0.4, -0.2) is 24.8 Å². The predicted molar refractivity (Wildman–Crippen MR) is 68.1 cm³/mol. The largest absolute Gasteiger partial charge is 0.497 e. The van der Waals surface area contributed by atoms with Gasteiger partial charge in [-0.25, -0.2) is 0 Å². The van der Waals surface area contributed by atoms with E-state index in [1.807, 2.05) is 24.3 Å². The van der Waals surface area contributed by atoms with Crippen molar-refractivity contribution < 1.29 is 9.84 Å². The normalized spacial score (nSPS) is 24.4. The molecule has 1 aromatic carbocycles. The number of hydrogen-bond donors (Lipinski definition) is 2. The number of aliphatic hydroxyl groups is 1. The summed E-state index contributed by atoms with van der Waals surface area (Å²) in [6.45, 7) is 2.85. The summed E-state index contributed by atoms with van der Waals surface area (Å²) in [6.07, 6.45) is 2.06. The zero-order valence-electron chi connectivity index (χ0n) is 10.5. The van der Waals surface area contributed by atoms with E-state index in [1.165, 1.54) is 12.8 Å². The van der Waals surface area contributed by atoms with E-state index in [0.29, 0.717) is 12.6 Å². The van der Waals surface area contributed by atoms with Crippen molar-refractivity contribution in [2.45, 2.75) is 31.9 Å². The molecular formula is C14H21NO2. The molecule has 0 aliphatic heterocycles. The molecule has 2 N–H and O–H groups in total. The van der Waals surface area contributed by atoms with Crippen LogP contribution in [0.4, 0.5) is 0 Å². The van der Waals surface area contributed by atoms with Crippen LogP contribution in [0.1, 0.15) is 31.4 Å². The van der Waals surface area contributed by atoms with Gasteiger partial charge in [0.1, 0.15) is 5.75 Å². The molecular weight excluding hydrogens is 214 g/mol. The molecule has 3 heteroatoms. The van der Waals surface area contributed by atoms with Crippen LogP contribution in [0.15, 0.2) is 24.3 Å². The highest BCUT2D eigenvalue weighted by molar-refractivity contribution is 5.28. The van der Waals surface area contributed by atoms with Crippen molar-refractivity contribution in [2.75, 3.05) is 13.7 Å². The number of rotatable bonds is 6. The maximum absolute atomic E-state index is 10.0. The van der Waals surface area contributed by atoms with E-state index in [0.717, 1.165) is 17.2 Å². The molecule has 0 radical (unpaired) electrons. The van der Waals surface area contributed by atoms with Crippen LogP contribution in [0.3, 0.4) is 0 Å². The minimum absolute atomic E-state index is 0.431. The van der Waals surface area contributed by atoms with Crippen LogP contribution in [0.2, 0.25) is 0 Å². The van der Waals surface area contributed by atoms with Gasteiger partial charge >= 0.3 is 0 Å². The number of methoxy groups -OCH3 is 1. The highest BCUT2D eigenvalue weighted by atomic mass is 16.5. The minimum atomic E-state index is -0.431. The Kier molecular flexibility index (Phi) is 4.02. The predicted octanol–water partition coefficient (Wildman–Crippen LogP) is 2.12. The summed E-state index contributed by atoms with van der Waals surface area (Å²) in [5, 5.41) is 13.4. The summed E-state index contributed by atoms with van der Waals surface area (Å²) in [5.41, 5.74) is 0.937. The first kappa shape index (κ1) is 12.4. The molecule has 2 rings (SSSR count). The van der Waals surface area contributed by atoms with Gasteiger partial charge < -0.3 is 15.2 Å². The van der Waals surface area contributed by atoms with Crippen LogP contribution in [0, 0.1) is 5.92 Å². The lowest BCUT2D eigenvalue weighted by molar-refractivity contribution is 0.173. The van der Waals surface area contributed by atoms with Crippen molar-refractivity contribution in [3.05, 3.63) is 29.8 Å². The maximum atomic E-state index is 10.0. The molecule has 0 saturated heterocycles. The lowest BCUT2D eigenvalue weighted by Gasteiger charge is -2.12. The highest BCUT2D eigenvalue weighted by Crippen LogP contribution is 2.33. The number of nitrogens with one attached hydrogen (secondary N) is 1. The quantitative estimate of drug-likeness (QED) is 0.793. The summed E-state index contributed by atoms with van der Waals surface area (Å²) in [7, 11) is 1.64. The van der Waals surface area contributed by atoms with Crippen LogP contribution in [0.5, 0.6) is 5.75 Å². The molecule has 1 aliphatic carbocycles. The second kappa shape index (κ2) is 5.52. The first-order valence-electron chi connectivity index (χ1n) is 6.30. The zero-order chi connectivity index (χ0) is 12.3. The fourth-order valence-corrected chi connectivity index (χ4v) is 2.16. The van der Waals surface area contributed by atoms with Gasteiger partial charge in [-0.15, -0.1) is 0 Å². The molecule has 0 amide bonds. The van der Waals surface area contributed by atoms with Crippen molar-refractivity contribution in [1.82, 2.24) is 5.32 Å². The Hall–Kier alpha value is -1.06. The van der Waals surface area contributed by atoms with Gasteiger partial charge in [0.2, 0.25) is 0 Å². The van der Waals surface area contributed by atoms with Crippen molar-refractivity contribution in [1.29, 1.82) is 0 Å². The molecule has 17 heavy (non-hydrogen) atoms. The molecule has 3 atom stereocenters. The molecule has 0 spiro atoms. The lowest BCUT2D eigenvalue weighted by atomic mass is 10.1. The number of benzene rings is 1. The third kappa shape index (κ3) is 3.20. The first-order valence-corrected chi connectivity index (χ1v) is 6.30. The standard InChI is InChI=1S/C14H21NO2/c1-3-10-8-13(10)15-9-14(16)11-4-6-12(17-2)7-5-11/h4-7,10,13-16H,3,8-9H2,1-2H3. The molecule has 0 bridgehead atoms. The molecule has 0 aromatic heterocycles. The molecule has 1 aromatic rings. The summed E-state index contributed by atoms with van der Waals surface area (Å²) in [5.74, 6) is 1.64. The van der Waals surface area contributed by atoms with Gasteiger partial charge in [-0.2, -0.15) is 0 Å². The highest BCUT2D eigenvalue weighted by Gasteiger charge is 2.34. The number of hydrogen-bond acceptors (Lipinski definition) is 3. The van der Waals surface area contributed by atoms with Crippen LogP contribution in [0.25, 0.3) is 0 Å². The summed E-state index contributed by atoms with van der Waals surface area (Å²) < 4.78 is 5.09. The SMILES string of the molecule is CCC1CC1NCC(O)c1ccc(OC)cc1. The molecule has 94 valence electrons. The van der Waals surface area contributed by atoms with E-state index in [-0.39, 0.29) is 0 Å². The van der Waals surface area contributed by atoms with Gasteiger partial charge in [-0.1, -0.05) is 25.5 Å². The fourth-order valence-electron chi connectivity index (χ4n) is 2.16.